The molecule has 1 aliphatic rings. The number of amides is 1. The fraction of sp³-hybridized carbons (Fsp3) is 0.308. The predicted octanol–water partition coefficient (Wildman–Crippen LogP) is 4.17. The topological polar surface area (TPSA) is 114 Å². The summed E-state index contributed by atoms with van der Waals surface area (Å²) in [4.78, 5) is 33.7. The second-order valence-corrected chi connectivity index (χ2v) is 10.1. The average Bonchev–Trinajstić information content (AvgIpc) is 3.65. The summed E-state index contributed by atoms with van der Waals surface area (Å²) in [7, 11) is 0. The Labute approximate surface area is 215 Å². The number of imidazole rings is 1. The Kier molecular flexibility index (Phi) is 6.18. The molecule has 182 valence electrons. The van der Waals surface area contributed by atoms with Crippen molar-refractivity contribution in [2.75, 3.05) is 6.54 Å². The van der Waals surface area contributed by atoms with Gasteiger partial charge in [0.15, 0.2) is 5.65 Å². The van der Waals surface area contributed by atoms with Crippen molar-refractivity contribution in [1.82, 2.24) is 40.0 Å². The van der Waals surface area contributed by atoms with E-state index in [1.165, 1.54) is 0 Å². The Hall–Kier alpha value is -3.66. The number of carbonyl (C=O) groups is 1. The number of aromatic nitrogens is 7. The molecule has 36 heavy (non-hydrogen) atoms. The maximum atomic E-state index is 12.7. The minimum Gasteiger partial charge on any atom is -0.355 e. The Bertz CT molecular complexity index is 1530. The van der Waals surface area contributed by atoms with Gasteiger partial charge in [0, 0.05) is 55.0 Å². The number of fused-ring (bicyclic) bond motifs is 2. The van der Waals surface area contributed by atoms with E-state index in [1.807, 2.05) is 35.1 Å². The van der Waals surface area contributed by atoms with Gasteiger partial charge < -0.3 is 10.3 Å². The predicted molar refractivity (Wildman–Crippen MR) is 139 cm³/mol. The third kappa shape index (κ3) is 4.60. The summed E-state index contributed by atoms with van der Waals surface area (Å²) < 4.78 is 2.56. The van der Waals surface area contributed by atoms with E-state index in [0.717, 1.165) is 71.2 Å². The van der Waals surface area contributed by atoms with Gasteiger partial charge in [-0.3, -0.25) is 9.78 Å². The molecule has 0 aliphatic heterocycles. The van der Waals surface area contributed by atoms with Crippen LogP contribution in [0.25, 0.3) is 27.6 Å². The summed E-state index contributed by atoms with van der Waals surface area (Å²) in [6.45, 7) is 0.617. The second-order valence-electron chi connectivity index (χ2n) is 9.30. The SMILES string of the molecule is O=C(NCCc1cnc[nH]1)[C@@H]1CC[C@@H](Cc2ncc3c(Br)nn(-c4ccc5ncccc5c4)c3n2)C1. The number of aromatic amines is 1. The number of hydrogen-bond acceptors (Lipinski definition) is 6. The number of rotatable bonds is 7. The lowest BCUT2D eigenvalue weighted by Crippen LogP contribution is -2.31. The quantitative estimate of drug-likeness (QED) is 0.318. The zero-order valence-corrected chi connectivity index (χ0v) is 21.1. The van der Waals surface area contributed by atoms with Crippen LogP contribution < -0.4 is 5.32 Å². The molecule has 0 saturated heterocycles. The van der Waals surface area contributed by atoms with Gasteiger partial charge in [-0.05, 0) is 65.4 Å². The van der Waals surface area contributed by atoms with Gasteiger partial charge >= 0.3 is 0 Å². The molecular weight excluding hydrogens is 520 g/mol. The number of hydrogen-bond donors (Lipinski definition) is 2. The van der Waals surface area contributed by atoms with Crippen LogP contribution in [0.3, 0.4) is 0 Å². The van der Waals surface area contributed by atoms with Crippen molar-refractivity contribution >= 4 is 43.8 Å². The van der Waals surface area contributed by atoms with Crippen LogP contribution in [0.4, 0.5) is 0 Å². The van der Waals surface area contributed by atoms with Crippen LogP contribution in [0.5, 0.6) is 0 Å². The largest absolute Gasteiger partial charge is 0.355 e. The van der Waals surface area contributed by atoms with E-state index >= 15 is 0 Å². The first-order valence-electron chi connectivity index (χ1n) is 12.1. The van der Waals surface area contributed by atoms with Crippen molar-refractivity contribution in [2.24, 2.45) is 11.8 Å². The van der Waals surface area contributed by atoms with E-state index in [2.05, 4.69) is 52.3 Å². The van der Waals surface area contributed by atoms with Crippen LogP contribution in [0.15, 0.2) is 59.9 Å². The number of nitrogens with zero attached hydrogens (tertiary/aromatic N) is 6. The molecule has 0 bridgehead atoms. The molecule has 4 heterocycles. The normalized spacial score (nSPS) is 17.7. The zero-order chi connectivity index (χ0) is 24.5. The molecule has 9 nitrogen and oxygen atoms in total. The maximum Gasteiger partial charge on any atom is 0.223 e. The number of nitrogens with one attached hydrogen (secondary N) is 2. The summed E-state index contributed by atoms with van der Waals surface area (Å²) in [6, 6.07) is 10.0. The Morgan fingerprint density at radius 2 is 2.14 bits per heavy atom. The third-order valence-corrected chi connectivity index (χ3v) is 7.48. The van der Waals surface area contributed by atoms with E-state index < -0.39 is 0 Å². The molecule has 0 unspecified atom stereocenters. The van der Waals surface area contributed by atoms with E-state index in [0.29, 0.717) is 17.1 Å². The molecular formula is C26H25BrN8O. The van der Waals surface area contributed by atoms with E-state index in [1.54, 1.807) is 18.7 Å². The number of H-pyrrole nitrogens is 1. The van der Waals surface area contributed by atoms with E-state index in [-0.39, 0.29) is 11.8 Å². The third-order valence-electron chi connectivity index (χ3n) is 6.89. The highest BCUT2D eigenvalue weighted by atomic mass is 79.9. The molecule has 1 aromatic carbocycles. The standard InChI is InChI=1S/C26H25BrN8O/c27-24-21-14-31-23(11-16-3-4-18(10-16)26(36)30-9-7-19-13-28-15-32-19)33-25(21)35(34-24)20-5-6-22-17(12-20)2-1-8-29-22/h1-2,5-6,8,12-16,18H,3-4,7,9-11H2,(H,28,32)(H,30,36)/t16-,18-/m1/s1. The summed E-state index contributed by atoms with van der Waals surface area (Å²) in [5, 5.41) is 9.66. The fourth-order valence-corrected chi connectivity index (χ4v) is 5.46. The van der Waals surface area contributed by atoms with Crippen LogP contribution >= 0.6 is 15.9 Å². The van der Waals surface area contributed by atoms with Crippen LogP contribution in [0, 0.1) is 11.8 Å². The van der Waals surface area contributed by atoms with E-state index in [9.17, 15) is 4.79 Å². The monoisotopic (exact) mass is 544 g/mol. The molecule has 10 heteroatoms. The van der Waals surface area contributed by atoms with Crippen molar-refractivity contribution in [3.05, 3.63) is 71.4 Å². The molecule has 1 saturated carbocycles. The molecule has 1 amide bonds. The smallest absolute Gasteiger partial charge is 0.223 e. The average molecular weight is 545 g/mol. The first-order valence-corrected chi connectivity index (χ1v) is 12.9. The van der Waals surface area contributed by atoms with Gasteiger partial charge in [-0.15, -0.1) is 0 Å². The van der Waals surface area contributed by atoms with Gasteiger partial charge in [0.05, 0.1) is 22.9 Å². The van der Waals surface area contributed by atoms with Crippen LogP contribution in [0.2, 0.25) is 0 Å². The van der Waals surface area contributed by atoms with Gasteiger partial charge in [0.2, 0.25) is 5.91 Å². The van der Waals surface area contributed by atoms with E-state index in [4.69, 9.17) is 4.98 Å². The molecule has 6 rings (SSSR count). The Morgan fingerprint density at radius 1 is 1.19 bits per heavy atom. The zero-order valence-electron chi connectivity index (χ0n) is 19.6. The van der Waals surface area contributed by atoms with Crippen molar-refractivity contribution in [2.45, 2.75) is 32.1 Å². The lowest BCUT2D eigenvalue weighted by atomic mass is 10.0. The molecule has 1 aliphatic carbocycles. The number of carbonyl (C=O) groups excluding carboxylic acids is 1. The summed E-state index contributed by atoms with van der Waals surface area (Å²) >= 11 is 3.56. The molecule has 2 N–H and O–H groups in total. The summed E-state index contributed by atoms with van der Waals surface area (Å²) in [5.74, 6) is 1.36. The highest BCUT2D eigenvalue weighted by Crippen LogP contribution is 2.33. The van der Waals surface area contributed by atoms with Gasteiger partial charge in [0.1, 0.15) is 10.4 Å². The van der Waals surface area contributed by atoms with Gasteiger partial charge in [0.25, 0.3) is 0 Å². The molecule has 0 radical (unpaired) electrons. The Morgan fingerprint density at radius 3 is 3.03 bits per heavy atom. The fourth-order valence-electron chi connectivity index (χ4n) is 5.02. The highest BCUT2D eigenvalue weighted by Gasteiger charge is 2.30. The van der Waals surface area contributed by atoms with Gasteiger partial charge in [-0.25, -0.2) is 19.6 Å². The first kappa shape index (κ1) is 22.8. The summed E-state index contributed by atoms with van der Waals surface area (Å²) in [5.41, 5.74) is 3.65. The highest BCUT2D eigenvalue weighted by molar-refractivity contribution is 9.10. The molecule has 2 atom stereocenters. The number of pyridine rings is 1. The molecule has 1 fully saturated rings. The van der Waals surface area contributed by atoms with Crippen LogP contribution in [-0.4, -0.2) is 47.2 Å². The molecule has 4 aromatic heterocycles. The Balaban J connectivity index is 1.15. The maximum absolute atomic E-state index is 12.7. The number of halogens is 1. The van der Waals surface area contributed by atoms with Crippen LogP contribution in [-0.2, 0) is 17.6 Å². The van der Waals surface area contributed by atoms with Crippen molar-refractivity contribution < 1.29 is 4.79 Å². The lowest BCUT2D eigenvalue weighted by Gasteiger charge is -2.12. The lowest BCUT2D eigenvalue weighted by molar-refractivity contribution is -0.124. The summed E-state index contributed by atoms with van der Waals surface area (Å²) in [6.07, 6.45) is 11.3. The number of benzene rings is 1. The minimum absolute atomic E-state index is 0.0476. The minimum atomic E-state index is 0.0476. The molecule has 5 aromatic rings. The first-order chi connectivity index (χ1) is 17.6. The van der Waals surface area contributed by atoms with Crippen molar-refractivity contribution in [3.8, 4) is 5.69 Å². The second kappa shape index (κ2) is 9.77. The van der Waals surface area contributed by atoms with Crippen molar-refractivity contribution in [3.63, 3.8) is 0 Å². The molecule has 0 spiro atoms. The van der Waals surface area contributed by atoms with Crippen LogP contribution in [0.1, 0.15) is 30.8 Å². The van der Waals surface area contributed by atoms with Crippen molar-refractivity contribution in [1.29, 1.82) is 0 Å². The van der Waals surface area contributed by atoms with Gasteiger partial charge in [-0.2, -0.15) is 5.10 Å². The van der Waals surface area contributed by atoms with Gasteiger partial charge in [-0.1, -0.05) is 6.07 Å².